The van der Waals surface area contributed by atoms with Gasteiger partial charge in [-0.2, -0.15) is 0 Å². The second-order valence-electron chi connectivity index (χ2n) is 3.81. The van der Waals surface area contributed by atoms with Crippen LogP contribution in [-0.4, -0.2) is 64.6 Å². The third-order valence-electron chi connectivity index (χ3n) is 2.61. The highest BCUT2D eigenvalue weighted by atomic mass is 16.4. The molecule has 0 saturated carbocycles. The fourth-order valence-corrected chi connectivity index (χ4v) is 1.59. The smallest absolute Gasteiger partial charge is 0.328 e. The Balaban J connectivity index is 2.43. The standard InChI is InChI=1S/C9H16N2O5/c12-4-6-1-2-11(3-6)9(16)10-7(5-13)8(14)15/h6-7,12-13H,1-5H2,(H,10,16)(H,14,15). The molecule has 16 heavy (non-hydrogen) atoms. The Bertz CT molecular complexity index is 271. The molecule has 0 aromatic heterocycles. The molecule has 7 nitrogen and oxygen atoms in total. The molecule has 4 N–H and O–H groups in total. The van der Waals surface area contributed by atoms with Crippen molar-refractivity contribution in [1.82, 2.24) is 10.2 Å². The van der Waals surface area contributed by atoms with Gasteiger partial charge in [-0.3, -0.25) is 0 Å². The van der Waals surface area contributed by atoms with Gasteiger partial charge >= 0.3 is 12.0 Å². The number of amides is 2. The highest BCUT2D eigenvalue weighted by Gasteiger charge is 2.28. The molecule has 1 heterocycles. The highest BCUT2D eigenvalue weighted by Crippen LogP contribution is 2.15. The second kappa shape index (κ2) is 5.66. The zero-order chi connectivity index (χ0) is 12.1. The van der Waals surface area contributed by atoms with Crippen LogP contribution in [0.1, 0.15) is 6.42 Å². The number of carboxylic acids is 1. The molecule has 1 saturated heterocycles. The van der Waals surface area contributed by atoms with Crippen molar-refractivity contribution in [2.45, 2.75) is 12.5 Å². The number of carboxylic acid groups (broad SMARTS) is 1. The number of hydrogen-bond acceptors (Lipinski definition) is 4. The van der Waals surface area contributed by atoms with E-state index in [1.54, 1.807) is 0 Å². The quantitative estimate of drug-likeness (QED) is 0.469. The number of urea groups is 1. The van der Waals surface area contributed by atoms with Crippen molar-refractivity contribution in [3.05, 3.63) is 0 Å². The van der Waals surface area contributed by atoms with E-state index in [2.05, 4.69) is 5.32 Å². The molecule has 1 fully saturated rings. The molecule has 0 aromatic rings. The Morgan fingerprint density at radius 2 is 2.12 bits per heavy atom. The van der Waals surface area contributed by atoms with Crippen LogP contribution in [-0.2, 0) is 4.79 Å². The summed E-state index contributed by atoms with van der Waals surface area (Å²) >= 11 is 0. The van der Waals surface area contributed by atoms with Gasteiger partial charge in [-0.25, -0.2) is 9.59 Å². The lowest BCUT2D eigenvalue weighted by molar-refractivity contribution is -0.140. The van der Waals surface area contributed by atoms with Gasteiger partial charge in [0.2, 0.25) is 0 Å². The maximum Gasteiger partial charge on any atom is 0.328 e. The molecule has 7 heteroatoms. The number of aliphatic carboxylic acids is 1. The summed E-state index contributed by atoms with van der Waals surface area (Å²) in [5, 5.41) is 28.5. The number of likely N-dealkylation sites (tertiary alicyclic amines) is 1. The molecule has 92 valence electrons. The van der Waals surface area contributed by atoms with Crippen LogP contribution in [0.3, 0.4) is 0 Å². The summed E-state index contributed by atoms with van der Waals surface area (Å²) in [7, 11) is 0. The predicted molar refractivity (Wildman–Crippen MR) is 53.8 cm³/mol. The molecule has 2 amide bonds. The van der Waals surface area contributed by atoms with Gasteiger partial charge in [-0.05, 0) is 6.42 Å². The van der Waals surface area contributed by atoms with Crippen LogP contribution in [0, 0.1) is 5.92 Å². The number of hydrogen-bond donors (Lipinski definition) is 4. The first-order chi connectivity index (χ1) is 7.58. The van der Waals surface area contributed by atoms with Gasteiger partial charge in [0.15, 0.2) is 6.04 Å². The van der Waals surface area contributed by atoms with Crippen LogP contribution >= 0.6 is 0 Å². The number of aliphatic hydroxyl groups excluding tert-OH is 2. The minimum absolute atomic E-state index is 0.0200. The Kier molecular flexibility index (Phi) is 4.51. The first kappa shape index (κ1) is 12.7. The molecule has 0 aliphatic carbocycles. The van der Waals surface area contributed by atoms with Crippen molar-refractivity contribution in [3.8, 4) is 0 Å². The summed E-state index contributed by atoms with van der Waals surface area (Å²) in [6.07, 6.45) is 0.709. The molecule has 0 spiro atoms. The summed E-state index contributed by atoms with van der Waals surface area (Å²) in [5.74, 6) is -1.21. The van der Waals surface area contributed by atoms with Crippen LogP contribution in [0.25, 0.3) is 0 Å². The number of nitrogens with zero attached hydrogens (tertiary/aromatic N) is 1. The molecule has 0 radical (unpaired) electrons. The van der Waals surface area contributed by atoms with Crippen molar-refractivity contribution < 1.29 is 24.9 Å². The average Bonchev–Trinajstić information content (AvgIpc) is 2.73. The Hall–Kier alpha value is -1.34. The van der Waals surface area contributed by atoms with E-state index < -0.39 is 24.6 Å². The third kappa shape index (κ3) is 3.07. The Labute approximate surface area is 92.7 Å². The lowest BCUT2D eigenvalue weighted by Crippen LogP contribution is -2.49. The zero-order valence-corrected chi connectivity index (χ0v) is 8.80. The number of carbonyl (C=O) groups is 2. The monoisotopic (exact) mass is 232 g/mol. The molecular weight excluding hydrogens is 216 g/mol. The summed E-state index contributed by atoms with van der Waals surface area (Å²) in [6, 6.07) is -1.79. The summed E-state index contributed by atoms with van der Waals surface area (Å²) in [6.45, 7) is 0.291. The van der Waals surface area contributed by atoms with Gasteiger partial charge < -0.3 is 25.5 Å². The summed E-state index contributed by atoms with van der Waals surface area (Å²) < 4.78 is 0. The van der Waals surface area contributed by atoms with E-state index in [0.29, 0.717) is 19.5 Å². The number of nitrogens with one attached hydrogen (secondary N) is 1. The van der Waals surface area contributed by atoms with Gasteiger partial charge in [0.05, 0.1) is 6.61 Å². The van der Waals surface area contributed by atoms with Gasteiger partial charge in [0, 0.05) is 25.6 Å². The first-order valence-electron chi connectivity index (χ1n) is 5.08. The van der Waals surface area contributed by atoms with Crippen LogP contribution < -0.4 is 5.32 Å². The zero-order valence-electron chi connectivity index (χ0n) is 8.80. The van der Waals surface area contributed by atoms with E-state index in [0.717, 1.165) is 0 Å². The second-order valence-corrected chi connectivity index (χ2v) is 3.81. The van der Waals surface area contributed by atoms with E-state index in [4.69, 9.17) is 15.3 Å². The Morgan fingerprint density at radius 3 is 2.56 bits per heavy atom. The maximum atomic E-state index is 11.5. The third-order valence-corrected chi connectivity index (χ3v) is 2.61. The normalized spacial score (nSPS) is 21.9. The maximum absolute atomic E-state index is 11.5. The Morgan fingerprint density at radius 1 is 1.44 bits per heavy atom. The van der Waals surface area contributed by atoms with E-state index in [1.807, 2.05) is 0 Å². The van der Waals surface area contributed by atoms with Crippen molar-refractivity contribution >= 4 is 12.0 Å². The van der Waals surface area contributed by atoms with Crippen LogP contribution in [0.5, 0.6) is 0 Å². The van der Waals surface area contributed by atoms with Gasteiger partial charge in [0.25, 0.3) is 0 Å². The van der Waals surface area contributed by atoms with Crippen molar-refractivity contribution in [2.75, 3.05) is 26.3 Å². The minimum atomic E-state index is -1.28. The molecule has 1 aliphatic heterocycles. The average molecular weight is 232 g/mol. The van der Waals surface area contributed by atoms with E-state index in [9.17, 15) is 9.59 Å². The lowest BCUT2D eigenvalue weighted by atomic mass is 10.1. The summed E-state index contributed by atoms with van der Waals surface area (Å²) in [5.41, 5.74) is 0. The molecule has 2 atom stereocenters. The lowest BCUT2D eigenvalue weighted by Gasteiger charge is -2.19. The van der Waals surface area contributed by atoms with Crippen molar-refractivity contribution in [2.24, 2.45) is 5.92 Å². The molecule has 0 aromatic carbocycles. The first-order valence-corrected chi connectivity index (χ1v) is 5.08. The van der Waals surface area contributed by atoms with E-state index >= 15 is 0 Å². The highest BCUT2D eigenvalue weighted by molar-refractivity contribution is 5.82. The molecule has 1 rings (SSSR count). The van der Waals surface area contributed by atoms with E-state index in [-0.39, 0.29) is 12.5 Å². The van der Waals surface area contributed by atoms with Crippen molar-refractivity contribution in [3.63, 3.8) is 0 Å². The van der Waals surface area contributed by atoms with Gasteiger partial charge in [0.1, 0.15) is 0 Å². The van der Waals surface area contributed by atoms with Crippen LogP contribution in [0.15, 0.2) is 0 Å². The largest absolute Gasteiger partial charge is 0.480 e. The molecule has 2 unspecified atom stereocenters. The van der Waals surface area contributed by atoms with Crippen LogP contribution in [0.4, 0.5) is 4.79 Å². The molecule has 0 bridgehead atoms. The fraction of sp³-hybridized carbons (Fsp3) is 0.778. The minimum Gasteiger partial charge on any atom is -0.480 e. The summed E-state index contributed by atoms with van der Waals surface area (Å²) in [4.78, 5) is 23.5. The van der Waals surface area contributed by atoms with E-state index in [1.165, 1.54) is 4.90 Å². The topological polar surface area (TPSA) is 110 Å². The van der Waals surface area contributed by atoms with Crippen molar-refractivity contribution in [1.29, 1.82) is 0 Å². The number of rotatable bonds is 4. The SMILES string of the molecule is O=C(O)C(CO)NC(=O)N1CCC(CO)C1. The van der Waals surface area contributed by atoms with Gasteiger partial charge in [-0.15, -0.1) is 0 Å². The number of carbonyl (C=O) groups excluding carboxylic acids is 1. The molecular formula is C9H16N2O5. The molecule has 1 aliphatic rings. The van der Waals surface area contributed by atoms with Gasteiger partial charge in [-0.1, -0.05) is 0 Å². The van der Waals surface area contributed by atoms with Crippen LogP contribution in [0.2, 0.25) is 0 Å². The predicted octanol–water partition coefficient (Wildman–Crippen LogP) is -1.54. The fourth-order valence-electron chi connectivity index (χ4n) is 1.59. The number of aliphatic hydroxyl groups is 2.